The minimum atomic E-state index is -0.166. The van der Waals surface area contributed by atoms with Crippen LogP contribution in [0.1, 0.15) is 28.8 Å². The van der Waals surface area contributed by atoms with Crippen molar-refractivity contribution in [1.29, 1.82) is 0 Å². The second-order valence-corrected chi connectivity index (χ2v) is 6.28. The molecule has 0 aliphatic heterocycles. The summed E-state index contributed by atoms with van der Waals surface area (Å²) >= 11 is 1.39. The van der Waals surface area contributed by atoms with E-state index in [4.69, 9.17) is 0 Å². The molecule has 0 aliphatic rings. The Morgan fingerprint density at radius 3 is 2.61 bits per heavy atom. The van der Waals surface area contributed by atoms with E-state index in [9.17, 15) is 9.59 Å². The topological polar surface area (TPSA) is 74.8 Å². The Morgan fingerprint density at radius 1 is 1.26 bits per heavy atom. The van der Waals surface area contributed by atoms with Gasteiger partial charge in [0.2, 0.25) is 5.91 Å². The summed E-state index contributed by atoms with van der Waals surface area (Å²) in [6, 6.07) is 5.80. The van der Waals surface area contributed by atoms with Crippen molar-refractivity contribution in [2.45, 2.75) is 38.8 Å². The van der Waals surface area contributed by atoms with E-state index < -0.39 is 0 Å². The van der Waals surface area contributed by atoms with Gasteiger partial charge in [0.25, 0.3) is 5.56 Å². The lowest BCUT2D eigenvalue weighted by Gasteiger charge is -2.08. The van der Waals surface area contributed by atoms with Crippen molar-refractivity contribution in [3.63, 3.8) is 0 Å². The molecular formula is C17H21N3O2S. The van der Waals surface area contributed by atoms with E-state index in [1.165, 1.54) is 17.3 Å². The smallest absolute Gasteiger partial charge is 0.254 e. The van der Waals surface area contributed by atoms with Crippen molar-refractivity contribution in [2.75, 3.05) is 11.6 Å². The van der Waals surface area contributed by atoms with Gasteiger partial charge in [0.15, 0.2) is 5.16 Å². The normalized spacial score (nSPS) is 10.6. The van der Waals surface area contributed by atoms with Gasteiger partial charge in [-0.1, -0.05) is 17.8 Å². The van der Waals surface area contributed by atoms with E-state index in [0.717, 1.165) is 11.3 Å². The second-order valence-electron chi connectivity index (χ2n) is 5.49. The maximum atomic E-state index is 12.1. The van der Waals surface area contributed by atoms with Crippen molar-refractivity contribution in [1.82, 2.24) is 9.97 Å². The average Bonchev–Trinajstić information content (AvgIpc) is 2.50. The number of aryl methyl sites for hydroxylation is 3. The number of thioether (sulfide) groups is 1. The van der Waals surface area contributed by atoms with Crippen molar-refractivity contribution in [2.24, 2.45) is 0 Å². The highest BCUT2D eigenvalue weighted by Gasteiger charge is 2.11. The molecule has 122 valence electrons. The molecule has 2 rings (SSSR count). The average molecular weight is 331 g/mol. The predicted molar refractivity (Wildman–Crippen MR) is 94.2 cm³/mol. The molecule has 0 radical (unpaired) electrons. The fraction of sp³-hybridized carbons (Fsp3) is 0.353. The van der Waals surface area contributed by atoms with Crippen LogP contribution in [0.5, 0.6) is 0 Å². The first-order valence-corrected chi connectivity index (χ1v) is 8.64. The highest BCUT2D eigenvalue weighted by atomic mass is 32.2. The highest BCUT2D eigenvalue weighted by molar-refractivity contribution is 7.98. The lowest BCUT2D eigenvalue weighted by Crippen LogP contribution is -2.20. The zero-order chi connectivity index (χ0) is 17.0. The molecule has 1 heterocycles. The summed E-state index contributed by atoms with van der Waals surface area (Å²) in [7, 11) is 0. The summed E-state index contributed by atoms with van der Waals surface area (Å²) in [4.78, 5) is 31.1. The molecule has 2 aromatic rings. The molecule has 5 nitrogen and oxygen atoms in total. The molecule has 0 atom stereocenters. The van der Waals surface area contributed by atoms with Gasteiger partial charge in [0.1, 0.15) is 0 Å². The first kappa shape index (κ1) is 17.3. The fourth-order valence-corrected chi connectivity index (χ4v) is 2.68. The summed E-state index contributed by atoms with van der Waals surface area (Å²) in [6.45, 7) is 5.83. The van der Waals surface area contributed by atoms with Crippen LogP contribution in [0.4, 0.5) is 5.69 Å². The molecule has 0 unspecified atom stereocenters. The Bertz CT molecular complexity index is 784. The number of nitrogens with zero attached hydrogens (tertiary/aromatic N) is 1. The lowest BCUT2D eigenvalue weighted by atomic mass is 10.1. The third-order valence-corrected chi connectivity index (χ3v) is 4.37. The van der Waals surface area contributed by atoms with Crippen LogP contribution in [0.2, 0.25) is 0 Å². The van der Waals surface area contributed by atoms with Gasteiger partial charge in [0, 0.05) is 23.4 Å². The monoisotopic (exact) mass is 331 g/mol. The zero-order valence-electron chi connectivity index (χ0n) is 13.8. The number of amides is 1. The van der Waals surface area contributed by atoms with Gasteiger partial charge in [-0.3, -0.25) is 9.59 Å². The van der Waals surface area contributed by atoms with Crippen LogP contribution < -0.4 is 10.9 Å². The van der Waals surface area contributed by atoms with E-state index in [1.54, 1.807) is 6.92 Å². The molecule has 23 heavy (non-hydrogen) atoms. The second kappa shape index (κ2) is 7.46. The van der Waals surface area contributed by atoms with E-state index in [1.807, 2.05) is 38.3 Å². The third-order valence-electron chi connectivity index (χ3n) is 3.79. The van der Waals surface area contributed by atoms with Crippen molar-refractivity contribution in [3.05, 3.63) is 50.9 Å². The predicted octanol–water partition coefficient (Wildman–Crippen LogP) is 2.99. The Morgan fingerprint density at radius 2 is 2.00 bits per heavy atom. The fourth-order valence-electron chi connectivity index (χ4n) is 2.26. The number of carbonyl (C=O) groups excluding carboxylic acids is 1. The quantitative estimate of drug-likeness (QED) is 0.652. The summed E-state index contributed by atoms with van der Waals surface area (Å²) in [6.07, 6.45) is 2.48. The molecule has 0 bridgehead atoms. The van der Waals surface area contributed by atoms with E-state index >= 15 is 0 Å². The molecule has 1 amide bonds. The Balaban J connectivity index is 2.02. The summed E-state index contributed by atoms with van der Waals surface area (Å²) in [5.74, 6) is -0.110. The van der Waals surface area contributed by atoms with Crippen LogP contribution in [0, 0.1) is 20.8 Å². The number of H-pyrrole nitrogens is 1. The summed E-state index contributed by atoms with van der Waals surface area (Å²) < 4.78 is 0. The number of hydrogen-bond donors (Lipinski definition) is 2. The number of anilines is 1. The van der Waals surface area contributed by atoms with Gasteiger partial charge in [-0.2, -0.15) is 0 Å². The van der Waals surface area contributed by atoms with Gasteiger partial charge >= 0.3 is 0 Å². The number of aromatic amines is 1. The zero-order valence-corrected chi connectivity index (χ0v) is 14.6. The first-order chi connectivity index (χ1) is 10.9. The molecule has 1 aromatic carbocycles. The van der Waals surface area contributed by atoms with Gasteiger partial charge in [-0.05, 0) is 56.7 Å². The van der Waals surface area contributed by atoms with Crippen molar-refractivity contribution in [3.8, 4) is 0 Å². The first-order valence-electron chi connectivity index (χ1n) is 7.41. The molecule has 0 fully saturated rings. The van der Waals surface area contributed by atoms with E-state index in [-0.39, 0.29) is 17.9 Å². The number of rotatable bonds is 5. The molecule has 6 heteroatoms. The molecule has 0 aliphatic carbocycles. The summed E-state index contributed by atoms with van der Waals surface area (Å²) in [5.41, 5.74) is 4.17. The highest BCUT2D eigenvalue weighted by Crippen LogP contribution is 2.15. The largest absolute Gasteiger partial charge is 0.326 e. The van der Waals surface area contributed by atoms with E-state index in [0.29, 0.717) is 22.8 Å². The number of hydrogen-bond acceptors (Lipinski definition) is 4. The minimum absolute atomic E-state index is 0.110. The van der Waals surface area contributed by atoms with Gasteiger partial charge in [-0.25, -0.2) is 4.98 Å². The molecule has 2 N–H and O–H groups in total. The van der Waals surface area contributed by atoms with E-state index in [2.05, 4.69) is 15.3 Å². The minimum Gasteiger partial charge on any atom is -0.326 e. The SMILES string of the molecule is CSc1nc(C)c(CCC(=O)Nc2ccc(C)c(C)c2)c(=O)[nH]1. The van der Waals surface area contributed by atoms with Gasteiger partial charge in [-0.15, -0.1) is 0 Å². The maximum absolute atomic E-state index is 12.1. The standard InChI is InChI=1S/C17H21N3O2S/c1-10-5-6-13(9-11(10)2)19-15(21)8-7-14-12(3)18-17(23-4)20-16(14)22/h5-6,9H,7-8H2,1-4H3,(H,19,21)(H,18,20,22). The van der Waals surface area contributed by atoms with Crippen LogP contribution in [0.15, 0.2) is 28.2 Å². The van der Waals surface area contributed by atoms with Crippen molar-refractivity contribution < 1.29 is 4.79 Å². The summed E-state index contributed by atoms with van der Waals surface area (Å²) in [5, 5.41) is 3.46. The van der Waals surface area contributed by atoms with Gasteiger partial charge in [0.05, 0.1) is 0 Å². The Labute approximate surface area is 139 Å². The lowest BCUT2D eigenvalue weighted by molar-refractivity contribution is -0.116. The molecule has 0 saturated carbocycles. The maximum Gasteiger partial charge on any atom is 0.254 e. The van der Waals surface area contributed by atoms with Crippen LogP contribution in [-0.4, -0.2) is 22.1 Å². The van der Waals surface area contributed by atoms with Crippen LogP contribution in [0.25, 0.3) is 0 Å². The Kier molecular flexibility index (Phi) is 5.60. The molecular weight excluding hydrogens is 310 g/mol. The third kappa shape index (κ3) is 4.45. The van der Waals surface area contributed by atoms with Crippen LogP contribution >= 0.6 is 11.8 Å². The molecule has 1 aromatic heterocycles. The number of carbonyl (C=O) groups is 1. The van der Waals surface area contributed by atoms with Crippen LogP contribution in [0.3, 0.4) is 0 Å². The number of nitrogens with one attached hydrogen (secondary N) is 2. The van der Waals surface area contributed by atoms with Crippen LogP contribution in [-0.2, 0) is 11.2 Å². The molecule has 0 spiro atoms. The number of aromatic nitrogens is 2. The Hall–Kier alpha value is -2.08. The van der Waals surface area contributed by atoms with Gasteiger partial charge < -0.3 is 10.3 Å². The van der Waals surface area contributed by atoms with Crippen molar-refractivity contribution >= 4 is 23.4 Å². The number of benzene rings is 1. The molecule has 0 saturated heterocycles.